The Bertz CT molecular complexity index is 174. The Kier molecular flexibility index (Phi) is 4.12. The molecule has 1 aromatic rings. The third kappa shape index (κ3) is 2.03. The average molecular weight is 161 g/mol. The van der Waals surface area contributed by atoms with Crippen LogP contribution in [0.5, 0.6) is 0 Å². The Morgan fingerprint density at radius 3 is 2.10 bits per heavy atom. The van der Waals surface area contributed by atoms with Gasteiger partial charge in [-0.2, -0.15) is 0 Å². The highest BCUT2D eigenvalue weighted by Crippen LogP contribution is 2.08. The molecule has 0 aliphatic heterocycles. The maximum absolute atomic E-state index is 5.60. The summed E-state index contributed by atoms with van der Waals surface area (Å²) in [6, 6.07) is 0. The topological polar surface area (TPSA) is 17.8 Å². The molecule has 2 nitrogen and oxygen atoms in total. The molecule has 0 aliphatic rings. The van der Waals surface area contributed by atoms with E-state index in [9.17, 15) is 0 Å². The lowest BCUT2D eigenvalue weighted by Gasteiger charge is -1.89. The van der Waals surface area contributed by atoms with Gasteiger partial charge in [0.2, 0.25) is 0 Å². The van der Waals surface area contributed by atoms with Gasteiger partial charge in [0.1, 0.15) is 5.15 Å². The van der Waals surface area contributed by atoms with E-state index in [0.717, 1.165) is 5.69 Å². The minimum Gasteiger partial charge on any atom is -0.337 e. The highest BCUT2D eigenvalue weighted by atomic mass is 35.5. The van der Waals surface area contributed by atoms with Crippen molar-refractivity contribution in [3.05, 3.63) is 17.2 Å². The van der Waals surface area contributed by atoms with Gasteiger partial charge in [-0.3, -0.25) is 0 Å². The van der Waals surface area contributed by atoms with E-state index in [1.807, 2.05) is 32.4 Å². The lowest BCUT2D eigenvalue weighted by atomic mass is 10.5. The van der Waals surface area contributed by atoms with Gasteiger partial charge in [-0.1, -0.05) is 25.4 Å². The molecule has 0 unspecified atom stereocenters. The zero-order chi connectivity index (χ0) is 8.15. The van der Waals surface area contributed by atoms with Crippen LogP contribution >= 0.6 is 11.6 Å². The molecule has 0 saturated carbocycles. The highest BCUT2D eigenvalue weighted by Gasteiger charge is 1.96. The van der Waals surface area contributed by atoms with Crippen molar-refractivity contribution in [2.24, 2.45) is 7.05 Å². The molecule has 3 heteroatoms. The molecule has 58 valence electrons. The van der Waals surface area contributed by atoms with Gasteiger partial charge < -0.3 is 4.57 Å². The Balaban J connectivity index is 0.000000371. The van der Waals surface area contributed by atoms with E-state index < -0.39 is 0 Å². The Morgan fingerprint density at radius 1 is 1.50 bits per heavy atom. The predicted octanol–water partition coefficient (Wildman–Crippen LogP) is 2.41. The summed E-state index contributed by atoms with van der Waals surface area (Å²) in [5, 5.41) is 0.590. The summed E-state index contributed by atoms with van der Waals surface area (Å²) < 4.78 is 1.88. The maximum Gasteiger partial charge on any atom is 0.149 e. The fraction of sp³-hybridized carbons (Fsp3) is 0.571. The molecule has 1 heterocycles. The lowest BCUT2D eigenvalue weighted by Crippen LogP contribution is -1.85. The van der Waals surface area contributed by atoms with Gasteiger partial charge >= 0.3 is 0 Å². The molecule has 10 heavy (non-hydrogen) atoms. The SMILES string of the molecule is CC.Cc1c(Cl)ncn1C. The minimum absolute atomic E-state index is 0.590. The Morgan fingerprint density at radius 2 is 2.00 bits per heavy atom. The molecule has 0 aromatic carbocycles. The minimum atomic E-state index is 0.590. The zero-order valence-corrected chi connectivity index (χ0v) is 7.61. The average Bonchev–Trinajstić information content (AvgIpc) is 2.25. The van der Waals surface area contributed by atoms with Crippen LogP contribution in [0, 0.1) is 6.92 Å². The third-order valence-electron chi connectivity index (χ3n) is 1.17. The molecule has 0 aliphatic carbocycles. The standard InChI is InChI=1S/C5H7ClN2.C2H6/c1-4-5(6)7-3-8(4)2;1-2/h3H,1-2H3;1-2H3. The molecular weight excluding hydrogens is 148 g/mol. The summed E-state index contributed by atoms with van der Waals surface area (Å²) >= 11 is 5.60. The number of halogens is 1. The monoisotopic (exact) mass is 160 g/mol. The van der Waals surface area contributed by atoms with E-state index in [1.165, 1.54) is 0 Å². The summed E-state index contributed by atoms with van der Waals surface area (Å²) in [6.07, 6.45) is 1.69. The van der Waals surface area contributed by atoms with Crippen LogP contribution in [0.2, 0.25) is 5.15 Å². The number of aromatic nitrogens is 2. The van der Waals surface area contributed by atoms with Crippen molar-refractivity contribution in [2.45, 2.75) is 20.8 Å². The van der Waals surface area contributed by atoms with Gasteiger partial charge in [0.25, 0.3) is 0 Å². The number of hydrogen-bond donors (Lipinski definition) is 0. The number of imidazole rings is 1. The molecule has 1 aromatic heterocycles. The first-order valence-electron chi connectivity index (χ1n) is 3.35. The summed E-state index contributed by atoms with van der Waals surface area (Å²) in [5.41, 5.74) is 1.01. The van der Waals surface area contributed by atoms with Crippen molar-refractivity contribution in [1.82, 2.24) is 9.55 Å². The molecule has 0 bridgehead atoms. The largest absolute Gasteiger partial charge is 0.337 e. The Hall–Kier alpha value is -0.500. The number of rotatable bonds is 0. The second-order valence-electron chi connectivity index (χ2n) is 1.73. The zero-order valence-electron chi connectivity index (χ0n) is 6.85. The summed E-state index contributed by atoms with van der Waals surface area (Å²) in [6.45, 7) is 5.93. The van der Waals surface area contributed by atoms with Gasteiger partial charge in [0, 0.05) is 7.05 Å². The molecule has 0 fully saturated rings. The van der Waals surface area contributed by atoms with Crippen molar-refractivity contribution in [1.29, 1.82) is 0 Å². The predicted molar refractivity (Wildman–Crippen MR) is 44.3 cm³/mol. The summed E-state index contributed by atoms with van der Waals surface area (Å²) in [5.74, 6) is 0. The molecule has 1 rings (SSSR count). The van der Waals surface area contributed by atoms with Crippen molar-refractivity contribution in [3.63, 3.8) is 0 Å². The van der Waals surface area contributed by atoms with Crippen LogP contribution in [-0.2, 0) is 7.05 Å². The smallest absolute Gasteiger partial charge is 0.149 e. The number of hydrogen-bond acceptors (Lipinski definition) is 1. The van der Waals surface area contributed by atoms with E-state index in [1.54, 1.807) is 6.33 Å². The van der Waals surface area contributed by atoms with Gasteiger partial charge in [0.05, 0.1) is 12.0 Å². The van der Waals surface area contributed by atoms with E-state index in [2.05, 4.69) is 4.98 Å². The fourth-order valence-corrected chi connectivity index (χ4v) is 0.640. The first-order valence-corrected chi connectivity index (χ1v) is 3.73. The number of nitrogens with zero attached hydrogens (tertiary/aromatic N) is 2. The van der Waals surface area contributed by atoms with Gasteiger partial charge in [0.15, 0.2) is 0 Å². The van der Waals surface area contributed by atoms with E-state index >= 15 is 0 Å². The van der Waals surface area contributed by atoms with Gasteiger partial charge in [-0.25, -0.2) is 4.98 Å². The Labute approximate surface area is 66.8 Å². The summed E-state index contributed by atoms with van der Waals surface area (Å²) in [7, 11) is 1.91. The normalized spacial score (nSPS) is 8.50. The van der Waals surface area contributed by atoms with Gasteiger partial charge in [-0.15, -0.1) is 0 Å². The van der Waals surface area contributed by atoms with Crippen LogP contribution in [0.3, 0.4) is 0 Å². The van der Waals surface area contributed by atoms with E-state index in [4.69, 9.17) is 11.6 Å². The molecule has 0 saturated heterocycles. The molecule has 0 amide bonds. The van der Waals surface area contributed by atoms with Crippen LogP contribution in [0.1, 0.15) is 19.5 Å². The van der Waals surface area contributed by atoms with Crippen LogP contribution in [0.15, 0.2) is 6.33 Å². The first-order chi connectivity index (χ1) is 4.72. The van der Waals surface area contributed by atoms with Crippen molar-refractivity contribution >= 4 is 11.6 Å². The van der Waals surface area contributed by atoms with Crippen LogP contribution in [0.4, 0.5) is 0 Å². The van der Waals surface area contributed by atoms with Crippen molar-refractivity contribution in [2.75, 3.05) is 0 Å². The number of aryl methyl sites for hydroxylation is 1. The highest BCUT2D eigenvalue weighted by molar-refractivity contribution is 6.30. The van der Waals surface area contributed by atoms with E-state index in [-0.39, 0.29) is 0 Å². The van der Waals surface area contributed by atoms with E-state index in [0.29, 0.717) is 5.15 Å². The van der Waals surface area contributed by atoms with Crippen molar-refractivity contribution in [3.8, 4) is 0 Å². The van der Waals surface area contributed by atoms with Crippen LogP contribution in [-0.4, -0.2) is 9.55 Å². The summed E-state index contributed by atoms with van der Waals surface area (Å²) in [4.78, 5) is 3.84. The fourth-order valence-electron chi connectivity index (χ4n) is 0.463. The third-order valence-corrected chi connectivity index (χ3v) is 1.54. The molecule has 0 radical (unpaired) electrons. The van der Waals surface area contributed by atoms with Gasteiger partial charge in [-0.05, 0) is 6.92 Å². The quantitative estimate of drug-likeness (QED) is 0.570. The second-order valence-corrected chi connectivity index (χ2v) is 2.09. The second kappa shape index (κ2) is 4.34. The molecular formula is C7H13ClN2. The molecule has 0 atom stereocenters. The van der Waals surface area contributed by atoms with Crippen LogP contribution < -0.4 is 0 Å². The molecule has 0 spiro atoms. The first kappa shape index (κ1) is 9.50. The molecule has 0 N–H and O–H groups in total. The maximum atomic E-state index is 5.60. The van der Waals surface area contributed by atoms with Crippen LogP contribution in [0.25, 0.3) is 0 Å². The lowest BCUT2D eigenvalue weighted by molar-refractivity contribution is 0.874. The van der Waals surface area contributed by atoms with Crippen molar-refractivity contribution < 1.29 is 0 Å².